The largest absolute Gasteiger partial charge is 0.493 e. The zero-order chi connectivity index (χ0) is 22.2. The summed E-state index contributed by atoms with van der Waals surface area (Å²) in [6.45, 7) is 2.42. The summed E-state index contributed by atoms with van der Waals surface area (Å²) in [7, 11) is 1.57. The van der Waals surface area contributed by atoms with Crippen LogP contribution < -0.4 is 19.6 Å². The lowest BCUT2D eigenvalue weighted by molar-refractivity contribution is 0.284. The van der Waals surface area contributed by atoms with E-state index in [2.05, 4.69) is 4.98 Å². The average molecular weight is 463 g/mol. The maximum atomic E-state index is 13.0. The SMILES string of the molecule is COc1cc(C=c2sc3nc4ccccc4n3c2=O)cc(Cl)c1OCc1ccccc1C. The number of imidazole rings is 1. The molecule has 0 radical (unpaired) electrons. The van der Waals surface area contributed by atoms with Crippen LogP contribution in [0.15, 0.2) is 65.5 Å². The summed E-state index contributed by atoms with van der Waals surface area (Å²) in [4.78, 5) is 18.2. The predicted molar refractivity (Wildman–Crippen MR) is 129 cm³/mol. The Morgan fingerprint density at radius 2 is 1.91 bits per heavy atom. The molecule has 3 aromatic carbocycles. The molecule has 2 aromatic heterocycles. The topological polar surface area (TPSA) is 52.8 Å². The summed E-state index contributed by atoms with van der Waals surface area (Å²) < 4.78 is 13.7. The molecule has 5 aromatic rings. The van der Waals surface area contributed by atoms with E-state index in [4.69, 9.17) is 21.1 Å². The first-order valence-corrected chi connectivity index (χ1v) is 11.2. The molecule has 160 valence electrons. The normalized spacial score (nSPS) is 12.0. The molecular weight excluding hydrogens is 444 g/mol. The second kappa shape index (κ2) is 8.30. The first-order chi connectivity index (χ1) is 15.5. The number of aromatic nitrogens is 2. The van der Waals surface area contributed by atoms with Crippen molar-refractivity contribution >= 4 is 45.0 Å². The lowest BCUT2D eigenvalue weighted by atomic mass is 10.1. The molecule has 2 heterocycles. The molecule has 0 bridgehead atoms. The van der Waals surface area contributed by atoms with E-state index in [1.165, 1.54) is 11.3 Å². The molecule has 7 heteroatoms. The van der Waals surface area contributed by atoms with Crippen molar-refractivity contribution in [3.8, 4) is 11.5 Å². The van der Waals surface area contributed by atoms with Crippen LogP contribution >= 0.6 is 22.9 Å². The van der Waals surface area contributed by atoms with Crippen molar-refractivity contribution in [2.24, 2.45) is 0 Å². The summed E-state index contributed by atoms with van der Waals surface area (Å²) in [6, 6.07) is 19.2. The number of rotatable bonds is 5. The number of hydrogen-bond donors (Lipinski definition) is 0. The highest BCUT2D eigenvalue weighted by atomic mass is 35.5. The number of para-hydroxylation sites is 2. The van der Waals surface area contributed by atoms with Crippen LogP contribution in [0.3, 0.4) is 0 Å². The van der Waals surface area contributed by atoms with Gasteiger partial charge in [0.15, 0.2) is 16.5 Å². The standard InChI is InChI=1S/C25H19ClN2O3S/c1-15-7-3-4-8-17(15)14-31-23-18(26)11-16(12-21(23)30-2)13-22-24(29)28-20-10-6-5-9-19(20)27-25(28)32-22/h3-13H,14H2,1-2H3. The third-order valence-corrected chi connectivity index (χ3v) is 6.58. The van der Waals surface area contributed by atoms with Gasteiger partial charge in [-0.15, -0.1) is 0 Å². The lowest BCUT2D eigenvalue weighted by Crippen LogP contribution is -2.22. The van der Waals surface area contributed by atoms with Crippen LogP contribution in [-0.2, 0) is 6.61 Å². The van der Waals surface area contributed by atoms with Gasteiger partial charge in [-0.1, -0.05) is 59.3 Å². The van der Waals surface area contributed by atoms with Crippen molar-refractivity contribution in [3.05, 3.63) is 97.3 Å². The maximum Gasteiger partial charge on any atom is 0.274 e. The number of halogens is 1. The number of fused-ring (bicyclic) bond motifs is 3. The molecule has 0 aliphatic carbocycles. The highest BCUT2D eigenvalue weighted by molar-refractivity contribution is 7.15. The first kappa shape index (κ1) is 20.5. The molecule has 0 atom stereocenters. The van der Waals surface area contributed by atoms with E-state index in [0.29, 0.717) is 32.6 Å². The number of ether oxygens (including phenoxy) is 2. The molecule has 0 spiro atoms. The molecule has 0 saturated carbocycles. The van der Waals surface area contributed by atoms with E-state index in [-0.39, 0.29) is 5.56 Å². The Balaban J connectivity index is 1.53. The Kier molecular flexibility index (Phi) is 5.33. The van der Waals surface area contributed by atoms with Gasteiger partial charge in [0, 0.05) is 0 Å². The van der Waals surface area contributed by atoms with E-state index in [1.54, 1.807) is 23.7 Å². The summed E-state index contributed by atoms with van der Waals surface area (Å²) in [5, 5.41) is 0.420. The Bertz CT molecular complexity index is 1570. The van der Waals surface area contributed by atoms with Gasteiger partial charge in [-0.25, -0.2) is 9.38 Å². The second-order valence-electron chi connectivity index (χ2n) is 7.38. The molecular formula is C25H19ClN2O3S. The highest BCUT2D eigenvalue weighted by Crippen LogP contribution is 2.37. The van der Waals surface area contributed by atoms with Crippen LogP contribution in [0.1, 0.15) is 16.7 Å². The van der Waals surface area contributed by atoms with Crippen LogP contribution in [0.2, 0.25) is 5.02 Å². The zero-order valence-corrected chi connectivity index (χ0v) is 19.0. The van der Waals surface area contributed by atoms with Gasteiger partial charge in [0.2, 0.25) is 0 Å². The average Bonchev–Trinajstić information content (AvgIpc) is 3.30. The summed E-state index contributed by atoms with van der Waals surface area (Å²) >= 11 is 7.89. The number of thiazole rings is 1. The Hall–Kier alpha value is -3.35. The number of methoxy groups -OCH3 is 1. The first-order valence-electron chi connectivity index (χ1n) is 10.0. The molecule has 0 N–H and O–H groups in total. The minimum atomic E-state index is -0.103. The van der Waals surface area contributed by atoms with Gasteiger partial charge in [-0.3, -0.25) is 4.79 Å². The number of hydrogen-bond acceptors (Lipinski definition) is 5. The van der Waals surface area contributed by atoms with Crippen molar-refractivity contribution in [2.45, 2.75) is 13.5 Å². The van der Waals surface area contributed by atoms with Gasteiger partial charge < -0.3 is 9.47 Å². The molecule has 5 rings (SSSR count). The smallest absolute Gasteiger partial charge is 0.274 e. The minimum absolute atomic E-state index is 0.103. The van der Waals surface area contributed by atoms with Gasteiger partial charge in [0.05, 0.1) is 27.7 Å². The fraction of sp³-hybridized carbons (Fsp3) is 0.120. The molecule has 0 amide bonds. The lowest BCUT2D eigenvalue weighted by Gasteiger charge is -2.14. The number of aryl methyl sites for hydroxylation is 1. The van der Waals surface area contributed by atoms with Gasteiger partial charge in [0.25, 0.3) is 5.56 Å². The Morgan fingerprint density at radius 1 is 1.12 bits per heavy atom. The molecule has 0 aliphatic heterocycles. The fourth-order valence-corrected chi connectivity index (χ4v) is 4.91. The van der Waals surface area contributed by atoms with Crippen molar-refractivity contribution in [3.63, 3.8) is 0 Å². The predicted octanol–water partition coefficient (Wildman–Crippen LogP) is 5.01. The van der Waals surface area contributed by atoms with E-state index in [0.717, 1.165) is 27.7 Å². The molecule has 0 aliphatic rings. The van der Waals surface area contributed by atoms with E-state index >= 15 is 0 Å². The number of nitrogens with zero attached hydrogens (tertiary/aromatic N) is 2. The minimum Gasteiger partial charge on any atom is -0.493 e. The zero-order valence-electron chi connectivity index (χ0n) is 17.5. The molecule has 0 saturated heterocycles. The summed E-state index contributed by atoms with van der Waals surface area (Å²) in [6.07, 6.45) is 1.80. The van der Waals surface area contributed by atoms with E-state index in [1.807, 2.05) is 61.5 Å². The third-order valence-electron chi connectivity index (χ3n) is 5.33. The van der Waals surface area contributed by atoms with Gasteiger partial charge >= 0.3 is 0 Å². The van der Waals surface area contributed by atoms with Crippen molar-refractivity contribution < 1.29 is 9.47 Å². The summed E-state index contributed by atoms with van der Waals surface area (Å²) in [5.74, 6) is 0.987. The van der Waals surface area contributed by atoms with Crippen LogP contribution in [0.4, 0.5) is 0 Å². The van der Waals surface area contributed by atoms with E-state index in [9.17, 15) is 4.79 Å². The van der Waals surface area contributed by atoms with E-state index < -0.39 is 0 Å². The van der Waals surface area contributed by atoms with Crippen LogP contribution in [0, 0.1) is 6.92 Å². The third kappa shape index (κ3) is 3.61. The maximum absolute atomic E-state index is 13.0. The molecule has 0 unspecified atom stereocenters. The fourth-order valence-electron chi connectivity index (χ4n) is 3.65. The van der Waals surface area contributed by atoms with Gasteiger partial charge in [-0.05, 0) is 54.0 Å². The van der Waals surface area contributed by atoms with Crippen LogP contribution in [0.25, 0.3) is 22.1 Å². The summed E-state index contributed by atoms with van der Waals surface area (Å²) in [5.41, 5.74) is 4.48. The van der Waals surface area contributed by atoms with Gasteiger partial charge in [0.1, 0.15) is 6.61 Å². The second-order valence-corrected chi connectivity index (χ2v) is 8.80. The van der Waals surface area contributed by atoms with Crippen molar-refractivity contribution in [1.82, 2.24) is 9.38 Å². The Morgan fingerprint density at radius 3 is 2.72 bits per heavy atom. The highest BCUT2D eigenvalue weighted by Gasteiger charge is 2.14. The van der Waals surface area contributed by atoms with Crippen LogP contribution in [0.5, 0.6) is 11.5 Å². The number of benzene rings is 3. The molecule has 32 heavy (non-hydrogen) atoms. The van der Waals surface area contributed by atoms with Crippen molar-refractivity contribution in [2.75, 3.05) is 7.11 Å². The molecule has 5 nitrogen and oxygen atoms in total. The van der Waals surface area contributed by atoms with Gasteiger partial charge in [-0.2, -0.15) is 0 Å². The van der Waals surface area contributed by atoms with Crippen molar-refractivity contribution in [1.29, 1.82) is 0 Å². The molecule has 0 fully saturated rings. The monoisotopic (exact) mass is 462 g/mol. The van der Waals surface area contributed by atoms with Crippen LogP contribution in [-0.4, -0.2) is 16.5 Å². The Labute approximate surface area is 193 Å². The quantitative estimate of drug-likeness (QED) is 0.368.